The molecule has 0 saturated heterocycles. The number of pyridine rings is 1. The molecule has 0 atom stereocenters. The fourth-order valence-corrected chi connectivity index (χ4v) is 2.23. The van der Waals surface area contributed by atoms with E-state index in [0.29, 0.717) is 12.1 Å². The van der Waals surface area contributed by atoms with E-state index in [2.05, 4.69) is 10.3 Å². The predicted molar refractivity (Wildman–Crippen MR) is 78.1 cm³/mol. The van der Waals surface area contributed by atoms with Crippen molar-refractivity contribution in [3.63, 3.8) is 0 Å². The third-order valence-corrected chi connectivity index (χ3v) is 3.25. The minimum atomic E-state index is -0.0564. The minimum absolute atomic E-state index is 0.0564. The van der Waals surface area contributed by atoms with Gasteiger partial charge in [-0.1, -0.05) is 42.5 Å². The number of carbonyl (C=O) groups excluding carboxylic acids is 1. The summed E-state index contributed by atoms with van der Waals surface area (Å²) in [5.74, 6) is -0.0564. The number of fused-ring (bicyclic) bond motifs is 1. The lowest BCUT2D eigenvalue weighted by atomic mass is 10.0. The maximum Gasteiger partial charge on any atom is 0.252 e. The second-order valence-electron chi connectivity index (χ2n) is 4.60. The summed E-state index contributed by atoms with van der Waals surface area (Å²) >= 11 is 0. The van der Waals surface area contributed by atoms with Crippen LogP contribution in [-0.4, -0.2) is 5.91 Å². The summed E-state index contributed by atoms with van der Waals surface area (Å²) in [6.45, 7) is 0.489. The van der Waals surface area contributed by atoms with E-state index in [1.54, 1.807) is 0 Å². The van der Waals surface area contributed by atoms with Crippen LogP contribution >= 0.6 is 0 Å². The second kappa shape index (κ2) is 5.53. The van der Waals surface area contributed by atoms with Crippen LogP contribution in [0.1, 0.15) is 16.1 Å². The van der Waals surface area contributed by atoms with Gasteiger partial charge in [0.25, 0.3) is 5.91 Å². The smallest absolute Gasteiger partial charge is 0.252 e. The van der Waals surface area contributed by atoms with Gasteiger partial charge in [-0.25, -0.2) is 4.98 Å². The van der Waals surface area contributed by atoms with Crippen LogP contribution in [-0.2, 0) is 6.54 Å². The molecule has 0 aliphatic carbocycles. The van der Waals surface area contributed by atoms with Crippen LogP contribution in [0, 0.1) is 0 Å². The molecule has 3 rings (SSSR count). The molecule has 0 saturated carbocycles. The molecular weight excluding hydrogens is 248 g/mol. The standard InChI is InChI=1S/C17H14N2O/c20-17(19-12-14-8-3-4-11-18-14)16-10-5-7-13-6-1-2-9-15(13)16/h1-11H,12H2,(H,19,20)/p+1. The van der Waals surface area contributed by atoms with Crippen molar-refractivity contribution in [2.75, 3.05) is 0 Å². The summed E-state index contributed by atoms with van der Waals surface area (Å²) < 4.78 is 0. The fraction of sp³-hybridized carbons (Fsp3) is 0.0588. The lowest BCUT2D eigenvalue weighted by molar-refractivity contribution is -0.390. The molecule has 0 fully saturated rings. The van der Waals surface area contributed by atoms with Gasteiger partial charge < -0.3 is 5.32 Å². The summed E-state index contributed by atoms with van der Waals surface area (Å²) in [4.78, 5) is 15.4. The zero-order valence-electron chi connectivity index (χ0n) is 11.0. The van der Waals surface area contributed by atoms with Gasteiger partial charge >= 0.3 is 0 Å². The molecule has 0 spiro atoms. The lowest BCUT2D eigenvalue weighted by Gasteiger charge is -2.06. The number of benzene rings is 2. The fourth-order valence-electron chi connectivity index (χ4n) is 2.23. The van der Waals surface area contributed by atoms with Gasteiger partial charge in [-0.15, -0.1) is 0 Å². The number of rotatable bonds is 3. The van der Waals surface area contributed by atoms with Gasteiger partial charge in [0.15, 0.2) is 11.9 Å². The Balaban J connectivity index is 1.82. The van der Waals surface area contributed by atoms with Gasteiger partial charge in [0.05, 0.1) is 0 Å². The van der Waals surface area contributed by atoms with E-state index in [1.165, 1.54) is 0 Å². The number of aromatic amines is 1. The Hall–Kier alpha value is -2.68. The van der Waals surface area contributed by atoms with Crippen molar-refractivity contribution in [3.05, 3.63) is 78.1 Å². The molecule has 0 unspecified atom stereocenters. The predicted octanol–water partition coefficient (Wildman–Crippen LogP) is 2.58. The molecule has 20 heavy (non-hydrogen) atoms. The first-order valence-corrected chi connectivity index (χ1v) is 6.56. The highest BCUT2D eigenvalue weighted by molar-refractivity contribution is 6.06. The molecule has 0 aliphatic rings. The minimum Gasteiger partial charge on any atom is -0.342 e. The van der Waals surface area contributed by atoms with Crippen molar-refractivity contribution < 1.29 is 9.78 Å². The third-order valence-electron chi connectivity index (χ3n) is 3.25. The molecule has 3 aromatic rings. The Bertz CT molecular complexity index is 733. The molecular formula is C17H15N2O+. The third kappa shape index (κ3) is 2.52. The first-order chi connectivity index (χ1) is 9.84. The Morgan fingerprint density at radius 1 is 0.950 bits per heavy atom. The van der Waals surface area contributed by atoms with Crippen molar-refractivity contribution in [1.29, 1.82) is 0 Å². The van der Waals surface area contributed by atoms with E-state index in [0.717, 1.165) is 16.5 Å². The maximum atomic E-state index is 12.3. The Kier molecular flexibility index (Phi) is 3.42. The second-order valence-corrected chi connectivity index (χ2v) is 4.60. The van der Waals surface area contributed by atoms with Crippen molar-refractivity contribution >= 4 is 16.7 Å². The van der Waals surface area contributed by atoms with Crippen LogP contribution in [0.2, 0.25) is 0 Å². The van der Waals surface area contributed by atoms with Gasteiger partial charge in [0, 0.05) is 17.7 Å². The summed E-state index contributed by atoms with van der Waals surface area (Å²) in [7, 11) is 0. The molecule has 1 aromatic heterocycles. The zero-order chi connectivity index (χ0) is 13.8. The van der Waals surface area contributed by atoms with Gasteiger partial charge in [-0.2, -0.15) is 0 Å². The number of nitrogens with one attached hydrogen (secondary N) is 2. The SMILES string of the molecule is O=C(NCc1cccc[nH+]1)c1cccc2ccccc12. The van der Waals surface area contributed by atoms with Crippen molar-refractivity contribution in [3.8, 4) is 0 Å². The molecule has 3 nitrogen and oxygen atoms in total. The first-order valence-electron chi connectivity index (χ1n) is 6.56. The number of H-pyrrole nitrogens is 1. The molecule has 0 aliphatic heterocycles. The van der Waals surface area contributed by atoms with E-state index in [9.17, 15) is 4.79 Å². The van der Waals surface area contributed by atoms with Gasteiger partial charge in [-0.05, 0) is 16.8 Å². The highest BCUT2D eigenvalue weighted by Crippen LogP contribution is 2.18. The van der Waals surface area contributed by atoms with E-state index in [-0.39, 0.29) is 5.91 Å². The topological polar surface area (TPSA) is 43.2 Å². The highest BCUT2D eigenvalue weighted by atomic mass is 16.1. The number of hydrogen-bond acceptors (Lipinski definition) is 1. The van der Waals surface area contributed by atoms with Crippen LogP contribution in [0.5, 0.6) is 0 Å². The zero-order valence-corrected chi connectivity index (χ0v) is 11.0. The molecule has 0 radical (unpaired) electrons. The molecule has 0 bridgehead atoms. The number of carbonyl (C=O) groups is 1. The van der Waals surface area contributed by atoms with E-state index >= 15 is 0 Å². The van der Waals surface area contributed by atoms with Gasteiger partial charge in [0.1, 0.15) is 6.54 Å². The quantitative estimate of drug-likeness (QED) is 0.775. The largest absolute Gasteiger partial charge is 0.342 e. The Morgan fingerprint density at radius 2 is 1.75 bits per heavy atom. The molecule has 2 aromatic carbocycles. The van der Waals surface area contributed by atoms with Crippen molar-refractivity contribution in [2.24, 2.45) is 0 Å². The van der Waals surface area contributed by atoms with E-state index in [4.69, 9.17) is 0 Å². The van der Waals surface area contributed by atoms with Crippen molar-refractivity contribution in [2.45, 2.75) is 6.54 Å². The van der Waals surface area contributed by atoms with E-state index < -0.39 is 0 Å². The monoisotopic (exact) mass is 263 g/mol. The normalized spacial score (nSPS) is 10.4. The molecule has 3 heteroatoms. The van der Waals surface area contributed by atoms with E-state index in [1.807, 2.05) is 66.9 Å². The lowest BCUT2D eigenvalue weighted by Crippen LogP contribution is -2.26. The molecule has 1 heterocycles. The molecule has 1 amide bonds. The maximum absolute atomic E-state index is 12.3. The average molecular weight is 263 g/mol. The van der Waals surface area contributed by atoms with Crippen LogP contribution in [0.3, 0.4) is 0 Å². The number of hydrogen-bond donors (Lipinski definition) is 1. The average Bonchev–Trinajstić information content (AvgIpc) is 2.53. The summed E-state index contributed by atoms with van der Waals surface area (Å²) in [6.07, 6.45) is 1.85. The number of aromatic nitrogens is 1. The first kappa shape index (κ1) is 12.4. The molecule has 2 N–H and O–H groups in total. The van der Waals surface area contributed by atoms with Gasteiger partial charge in [-0.3, -0.25) is 4.79 Å². The summed E-state index contributed by atoms with van der Waals surface area (Å²) in [6, 6.07) is 19.5. The van der Waals surface area contributed by atoms with Gasteiger partial charge in [0.2, 0.25) is 0 Å². The highest BCUT2D eigenvalue weighted by Gasteiger charge is 2.10. The van der Waals surface area contributed by atoms with Crippen LogP contribution in [0.25, 0.3) is 10.8 Å². The number of amides is 1. The Labute approximate surface area is 117 Å². The van der Waals surface area contributed by atoms with Crippen LogP contribution in [0.4, 0.5) is 0 Å². The summed E-state index contributed by atoms with van der Waals surface area (Å²) in [5.41, 5.74) is 1.68. The summed E-state index contributed by atoms with van der Waals surface area (Å²) in [5, 5.41) is 4.99. The van der Waals surface area contributed by atoms with Crippen molar-refractivity contribution in [1.82, 2.24) is 5.32 Å². The Morgan fingerprint density at radius 3 is 2.60 bits per heavy atom. The molecule has 98 valence electrons. The van der Waals surface area contributed by atoms with Crippen LogP contribution < -0.4 is 10.3 Å². The van der Waals surface area contributed by atoms with Crippen LogP contribution in [0.15, 0.2) is 66.9 Å².